The van der Waals surface area contributed by atoms with E-state index in [4.69, 9.17) is 4.74 Å². The molecule has 0 bridgehead atoms. The summed E-state index contributed by atoms with van der Waals surface area (Å²) in [5.74, 6) is -1.81. The third kappa shape index (κ3) is 3.27. The molecule has 0 atom stereocenters. The lowest BCUT2D eigenvalue weighted by atomic mass is 9.83. The van der Waals surface area contributed by atoms with Crippen molar-refractivity contribution in [2.24, 2.45) is 5.92 Å². The minimum atomic E-state index is -2.66. The summed E-state index contributed by atoms with van der Waals surface area (Å²) in [6.45, 7) is 0.281. The second-order valence-electron chi connectivity index (χ2n) is 7.66. The molecular weight excluding hydrogens is 368 g/mol. The van der Waals surface area contributed by atoms with Gasteiger partial charge in [0.2, 0.25) is 5.92 Å². The number of aromatic hydroxyl groups is 1. The van der Waals surface area contributed by atoms with Gasteiger partial charge in [0.25, 0.3) is 0 Å². The Hall–Kier alpha value is -2.77. The summed E-state index contributed by atoms with van der Waals surface area (Å²) in [7, 11) is 3.67. The smallest absolute Gasteiger partial charge is 0.248 e. The molecule has 150 valence electrons. The molecule has 1 aromatic heterocycles. The number of phenols is 1. The number of ether oxygens (including phenoxy) is 1. The van der Waals surface area contributed by atoms with Crippen LogP contribution in [0.5, 0.6) is 11.5 Å². The number of aromatic nitrogens is 1. The first-order valence-corrected chi connectivity index (χ1v) is 9.31. The molecule has 0 unspecified atom stereocenters. The van der Waals surface area contributed by atoms with Gasteiger partial charge in [-0.25, -0.2) is 8.78 Å². The maximum absolute atomic E-state index is 13.4. The fourth-order valence-corrected chi connectivity index (χ4v) is 3.83. The van der Waals surface area contributed by atoms with E-state index in [1.54, 1.807) is 23.1 Å². The molecule has 28 heavy (non-hydrogen) atoms. The Balaban J connectivity index is 1.56. The number of carbonyl (C=O) groups excluding carboxylic acids is 1. The standard InChI is InChI=1S/C20H23F2N3O3/c1-24(2)15-9-13(3-4-16(15)26)25-11-28-17-10-14(23-19(17)25)18(27)12-5-7-20(21,22)8-6-12/h3-4,9-10,12,23,26H,5-8,11H2,1-2H3. The van der Waals surface area contributed by atoms with Crippen molar-refractivity contribution < 1.29 is 23.4 Å². The highest BCUT2D eigenvalue weighted by atomic mass is 19.3. The summed E-state index contributed by atoms with van der Waals surface area (Å²) in [6, 6.07) is 6.86. The number of Topliss-reactive ketones (excluding diaryl/α,β-unsaturated/α-hetero) is 1. The average molecular weight is 391 g/mol. The number of phenolic OH excluding ortho intramolecular Hbond substituents is 1. The molecule has 2 heterocycles. The van der Waals surface area contributed by atoms with Crippen LogP contribution in [-0.2, 0) is 0 Å². The Morgan fingerprint density at radius 3 is 2.68 bits per heavy atom. The van der Waals surface area contributed by atoms with Gasteiger partial charge in [-0.1, -0.05) is 0 Å². The Labute approximate surface area is 161 Å². The molecule has 1 aliphatic heterocycles. The monoisotopic (exact) mass is 391 g/mol. The lowest BCUT2D eigenvalue weighted by molar-refractivity contribution is -0.0424. The zero-order chi connectivity index (χ0) is 20.1. The molecule has 1 aliphatic carbocycles. The second kappa shape index (κ2) is 6.68. The molecule has 8 heteroatoms. The molecule has 6 nitrogen and oxygen atoms in total. The number of anilines is 3. The fourth-order valence-electron chi connectivity index (χ4n) is 3.83. The van der Waals surface area contributed by atoms with Crippen molar-refractivity contribution in [1.29, 1.82) is 0 Å². The molecule has 1 fully saturated rings. The number of alkyl halides is 2. The van der Waals surface area contributed by atoms with E-state index >= 15 is 0 Å². The van der Waals surface area contributed by atoms with E-state index < -0.39 is 5.92 Å². The zero-order valence-electron chi connectivity index (χ0n) is 15.8. The molecule has 1 saturated carbocycles. The first kappa shape index (κ1) is 18.6. The van der Waals surface area contributed by atoms with Gasteiger partial charge in [0.15, 0.2) is 24.1 Å². The zero-order valence-corrected chi connectivity index (χ0v) is 15.8. The van der Waals surface area contributed by atoms with Crippen LogP contribution in [0.1, 0.15) is 36.2 Å². The van der Waals surface area contributed by atoms with Crippen molar-refractivity contribution in [3.05, 3.63) is 30.0 Å². The van der Waals surface area contributed by atoms with Gasteiger partial charge in [-0.3, -0.25) is 9.69 Å². The van der Waals surface area contributed by atoms with E-state index in [1.807, 2.05) is 25.1 Å². The summed E-state index contributed by atoms with van der Waals surface area (Å²) >= 11 is 0. The number of benzene rings is 1. The topological polar surface area (TPSA) is 68.8 Å². The number of hydrogen-bond donors (Lipinski definition) is 2. The third-order valence-corrected chi connectivity index (χ3v) is 5.49. The van der Waals surface area contributed by atoms with Crippen LogP contribution in [-0.4, -0.2) is 42.6 Å². The number of nitrogens with one attached hydrogen (secondary N) is 1. The summed E-state index contributed by atoms with van der Waals surface area (Å²) < 4.78 is 32.4. The molecule has 2 N–H and O–H groups in total. The number of nitrogens with zero attached hydrogens (tertiary/aromatic N) is 2. The average Bonchev–Trinajstić information content (AvgIpc) is 3.22. The highest BCUT2D eigenvalue weighted by Crippen LogP contribution is 2.43. The van der Waals surface area contributed by atoms with Crippen LogP contribution in [0, 0.1) is 5.92 Å². The molecule has 0 saturated heterocycles. The highest BCUT2D eigenvalue weighted by Gasteiger charge is 2.38. The number of fused-ring (bicyclic) bond motifs is 1. The Bertz CT molecular complexity index is 900. The van der Waals surface area contributed by atoms with Crippen LogP contribution in [0.25, 0.3) is 0 Å². The Morgan fingerprint density at radius 2 is 2.00 bits per heavy atom. The highest BCUT2D eigenvalue weighted by molar-refractivity contribution is 5.98. The van der Waals surface area contributed by atoms with Gasteiger partial charge in [0.1, 0.15) is 5.75 Å². The predicted molar refractivity (Wildman–Crippen MR) is 102 cm³/mol. The molecule has 0 amide bonds. The molecule has 4 rings (SSSR count). The van der Waals surface area contributed by atoms with Gasteiger partial charge < -0.3 is 19.7 Å². The number of ketones is 1. The van der Waals surface area contributed by atoms with Gasteiger partial charge in [0, 0.05) is 44.6 Å². The molecule has 0 radical (unpaired) electrons. The van der Waals surface area contributed by atoms with Gasteiger partial charge in [-0.15, -0.1) is 0 Å². The van der Waals surface area contributed by atoms with Crippen molar-refractivity contribution in [2.75, 3.05) is 30.6 Å². The summed E-state index contributed by atoms with van der Waals surface area (Å²) in [5.41, 5.74) is 1.85. The van der Waals surface area contributed by atoms with E-state index in [-0.39, 0.29) is 49.9 Å². The molecule has 2 aromatic rings. The van der Waals surface area contributed by atoms with Crippen molar-refractivity contribution in [3.8, 4) is 11.5 Å². The van der Waals surface area contributed by atoms with Crippen LogP contribution >= 0.6 is 0 Å². The van der Waals surface area contributed by atoms with Crippen LogP contribution < -0.4 is 14.5 Å². The first-order valence-electron chi connectivity index (χ1n) is 9.31. The molecular formula is C20H23F2N3O3. The van der Waals surface area contributed by atoms with Crippen molar-refractivity contribution in [2.45, 2.75) is 31.6 Å². The van der Waals surface area contributed by atoms with E-state index in [0.717, 1.165) is 5.69 Å². The first-order chi connectivity index (χ1) is 13.2. The van der Waals surface area contributed by atoms with E-state index in [9.17, 15) is 18.7 Å². The minimum Gasteiger partial charge on any atom is -0.506 e. The number of H-pyrrole nitrogens is 1. The van der Waals surface area contributed by atoms with Crippen LogP contribution in [0.4, 0.5) is 26.0 Å². The van der Waals surface area contributed by atoms with Crippen molar-refractivity contribution >= 4 is 23.0 Å². The van der Waals surface area contributed by atoms with Crippen LogP contribution in [0.2, 0.25) is 0 Å². The van der Waals surface area contributed by atoms with Crippen LogP contribution in [0.15, 0.2) is 24.3 Å². The second-order valence-corrected chi connectivity index (χ2v) is 7.66. The number of hydrogen-bond acceptors (Lipinski definition) is 5. The summed E-state index contributed by atoms with van der Waals surface area (Å²) in [6.07, 6.45) is -0.0882. The van der Waals surface area contributed by atoms with Gasteiger partial charge >= 0.3 is 0 Å². The third-order valence-electron chi connectivity index (χ3n) is 5.49. The number of aromatic amines is 1. The largest absolute Gasteiger partial charge is 0.506 e. The summed E-state index contributed by atoms with van der Waals surface area (Å²) in [4.78, 5) is 19.5. The van der Waals surface area contributed by atoms with E-state index in [2.05, 4.69) is 4.98 Å². The molecule has 1 aromatic carbocycles. The maximum Gasteiger partial charge on any atom is 0.248 e. The Kier molecular flexibility index (Phi) is 4.44. The lowest BCUT2D eigenvalue weighted by Crippen LogP contribution is -2.29. The van der Waals surface area contributed by atoms with Gasteiger partial charge in [-0.2, -0.15) is 0 Å². The maximum atomic E-state index is 13.4. The predicted octanol–water partition coefficient (Wildman–Crippen LogP) is 4.28. The minimum absolute atomic E-state index is 0.145. The SMILES string of the molecule is CN(C)c1cc(N2COc3cc(C(=O)C4CCC(F)(F)CC4)[nH]c32)ccc1O. The fraction of sp³-hybridized carbons (Fsp3) is 0.450. The van der Waals surface area contributed by atoms with E-state index in [0.29, 0.717) is 22.9 Å². The van der Waals surface area contributed by atoms with Gasteiger partial charge in [0.05, 0.1) is 11.4 Å². The lowest BCUT2D eigenvalue weighted by Gasteiger charge is -2.27. The van der Waals surface area contributed by atoms with E-state index in [1.165, 1.54) is 0 Å². The molecule has 0 spiro atoms. The van der Waals surface area contributed by atoms with Crippen molar-refractivity contribution in [3.63, 3.8) is 0 Å². The van der Waals surface area contributed by atoms with Crippen LogP contribution in [0.3, 0.4) is 0 Å². The molecule has 2 aliphatic rings. The van der Waals surface area contributed by atoms with Crippen molar-refractivity contribution in [1.82, 2.24) is 4.98 Å². The Morgan fingerprint density at radius 1 is 1.29 bits per heavy atom. The number of halogens is 2. The van der Waals surface area contributed by atoms with Gasteiger partial charge in [-0.05, 0) is 31.0 Å². The number of carbonyl (C=O) groups is 1. The normalized spacial score (nSPS) is 18.6. The quantitative estimate of drug-likeness (QED) is 0.762. The number of rotatable bonds is 4. The summed E-state index contributed by atoms with van der Waals surface area (Å²) in [5, 5.41) is 10.0.